The topological polar surface area (TPSA) is 35.6 Å². The molecule has 4 heteroatoms. The van der Waals surface area contributed by atoms with Crippen molar-refractivity contribution < 1.29 is 0 Å². The second-order valence-electron chi connectivity index (χ2n) is 15.1. The van der Waals surface area contributed by atoms with Crippen LogP contribution in [0.15, 0.2) is 207 Å². The molecule has 0 fully saturated rings. The lowest BCUT2D eigenvalue weighted by molar-refractivity contribution is 1.01. The smallest absolute Gasteiger partial charge is 0.235 e. The third-order valence-corrected chi connectivity index (χ3v) is 11.6. The van der Waals surface area contributed by atoms with Gasteiger partial charge in [-0.25, -0.2) is 9.97 Å². The summed E-state index contributed by atoms with van der Waals surface area (Å²) in [4.78, 5) is 10.7. The quantitative estimate of drug-likeness (QED) is 0.152. The largest absolute Gasteiger partial charge is 0.310 e. The van der Waals surface area contributed by atoms with Gasteiger partial charge in [-0.3, -0.25) is 4.57 Å². The lowest BCUT2D eigenvalue weighted by atomic mass is 9.99. The number of nitrogens with zero attached hydrogens (tertiary/aromatic N) is 4. The Morgan fingerprint density at radius 2 is 1.05 bits per heavy atom. The van der Waals surface area contributed by atoms with Crippen LogP contribution in [0.5, 0.6) is 0 Å². The molecule has 8 aromatic carbocycles. The van der Waals surface area contributed by atoms with Crippen molar-refractivity contribution in [2.45, 2.75) is 6.92 Å². The maximum Gasteiger partial charge on any atom is 0.235 e. The van der Waals surface area contributed by atoms with Crippen LogP contribution >= 0.6 is 0 Å². The Labute approximate surface area is 342 Å². The zero-order valence-electron chi connectivity index (χ0n) is 32.5. The van der Waals surface area contributed by atoms with Crippen LogP contribution in [0.2, 0.25) is 0 Å². The summed E-state index contributed by atoms with van der Waals surface area (Å²) in [5, 5.41) is 8.08. The number of rotatable bonds is 7. The Balaban J connectivity index is 1.22. The van der Waals surface area contributed by atoms with E-state index in [-0.39, 0.29) is 0 Å². The summed E-state index contributed by atoms with van der Waals surface area (Å²) in [5.41, 5.74) is 12.6. The van der Waals surface area contributed by atoms with Gasteiger partial charge in [-0.05, 0) is 76.4 Å². The fraction of sp³-hybridized carbons (Fsp3) is 0.0182. The third kappa shape index (κ3) is 5.68. The van der Waals surface area contributed by atoms with E-state index in [4.69, 9.17) is 16.5 Å². The Morgan fingerprint density at radius 1 is 0.475 bits per heavy atom. The highest BCUT2D eigenvalue weighted by Gasteiger charge is 2.23. The van der Waals surface area contributed by atoms with E-state index in [2.05, 4.69) is 210 Å². The summed E-state index contributed by atoms with van der Waals surface area (Å²) in [7, 11) is 0. The van der Waals surface area contributed by atoms with Gasteiger partial charge in [-0.2, -0.15) is 0 Å². The zero-order valence-corrected chi connectivity index (χ0v) is 32.5. The zero-order chi connectivity index (χ0) is 39.5. The number of hydrogen-bond donors (Lipinski definition) is 0. The van der Waals surface area contributed by atoms with Gasteiger partial charge in [-0.15, -0.1) is 0 Å². The van der Waals surface area contributed by atoms with Crippen LogP contribution in [0.25, 0.3) is 99.3 Å². The standard InChI is InChI=1S/C55H38N4/c1-36(38-18-6-3-7-19-38)34-42(39-20-8-4-9-21-39)35-37(2)58-47-29-17-15-27-45(47)52-48(58)32-33-50-53(52)51-43-25-13-12-22-40(43)30-31-49(51)59(50)55-56-46-28-16-14-26-44(46)54(57-55)41-23-10-5-11-24-41/h3-35H,2H2,1H3/b36-34+,42-35+. The minimum absolute atomic E-state index is 0.640. The molecular weight excluding hydrogens is 717 g/mol. The lowest BCUT2D eigenvalue weighted by Crippen LogP contribution is -2.03. The monoisotopic (exact) mass is 754 g/mol. The predicted octanol–water partition coefficient (Wildman–Crippen LogP) is 14.3. The first kappa shape index (κ1) is 34.4. The molecule has 0 aliphatic rings. The van der Waals surface area contributed by atoms with Gasteiger partial charge in [0.15, 0.2) is 0 Å². The van der Waals surface area contributed by atoms with Crippen LogP contribution in [-0.4, -0.2) is 19.1 Å². The van der Waals surface area contributed by atoms with Gasteiger partial charge in [0.25, 0.3) is 0 Å². The maximum absolute atomic E-state index is 5.40. The molecule has 0 saturated heterocycles. The van der Waals surface area contributed by atoms with E-state index in [0.717, 1.165) is 66.4 Å². The molecule has 0 amide bonds. The highest BCUT2D eigenvalue weighted by molar-refractivity contribution is 6.33. The van der Waals surface area contributed by atoms with E-state index >= 15 is 0 Å². The molecular formula is C55H38N4. The molecule has 0 aliphatic heterocycles. The van der Waals surface area contributed by atoms with Crippen molar-refractivity contribution in [3.05, 3.63) is 218 Å². The molecule has 3 heterocycles. The second kappa shape index (κ2) is 14.0. The van der Waals surface area contributed by atoms with Crippen LogP contribution in [-0.2, 0) is 0 Å². The molecule has 0 spiro atoms. The summed E-state index contributed by atoms with van der Waals surface area (Å²) < 4.78 is 4.59. The normalized spacial score (nSPS) is 12.4. The highest BCUT2D eigenvalue weighted by atomic mass is 15.2. The molecule has 0 unspecified atom stereocenters. The predicted molar refractivity (Wildman–Crippen MR) is 250 cm³/mol. The SMILES string of the molecule is C=C(/C=C(\C=C(/C)c1ccccc1)c1ccccc1)n1c2ccccc2c2c3c4c5ccccc5ccc4n(-c4nc(-c5ccccc5)c5ccccc5n4)c3ccc21. The van der Waals surface area contributed by atoms with Crippen molar-refractivity contribution in [3.8, 4) is 17.2 Å². The van der Waals surface area contributed by atoms with Crippen molar-refractivity contribution in [1.82, 2.24) is 19.1 Å². The first-order valence-electron chi connectivity index (χ1n) is 20.0. The Hall–Kier alpha value is -7.82. The average molecular weight is 755 g/mol. The Bertz CT molecular complexity index is 3500. The molecule has 0 bridgehead atoms. The lowest BCUT2D eigenvalue weighted by Gasteiger charge is -2.12. The minimum Gasteiger partial charge on any atom is -0.310 e. The summed E-state index contributed by atoms with van der Waals surface area (Å²) >= 11 is 0. The molecule has 278 valence electrons. The van der Waals surface area contributed by atoms with Crippen molar-refractivity contribution in [2.24, 2.45) is 0 Å². The van der Waals surface area contributed by atoms with Crippen LogP contribution in [0.3, 0.4) is 0 Å². The summed E-state index contributed by atoms with van der Waals surface area (Å²) in [6.45, 7) is 6.96. The molecule has 0 saturated carbocycles. The molecule has 0 radical (unpaired) electrons. The molecule has 3 aromatic heterocycles. The van der Waals surface area contributed by atoms with E-state index in [1.807, 2.05) is 6.07 Å². The van der Waals surface area contributed by atoms with E-state index in [1.165, 1.54) is 38.1 Å². The molecule has 11 aromatic rings. The average Bonchev–Trinajstić information content (AvgIpc) is 3.82. The molecule has 0 N–H and O–H groups in total. The number of aromatic nitrogens is 4. The molecule has 4 nitrogen and oxygen atoms in total. The van der Waals surface area contributed by atoms with Crippen LogP contribution < -0.4 is 0 Å². The Morgan fingerprint density at radius 3 is 1.83 bits per heavy atom. The van der Waals surface area contributed by atoms with Gasteiger partial charge in [0.05, 0.1) is 33.3 Å². The molecule has 0 atom stereocenters. The van der Waals surface area contributed by atoms with Crippen LogP contribution in [0, 0.1) is 0 Å². The summed E-state index contributed by atoms with van der Waals surface area (Å²) in [6, 6.07) is 66.2. The van der Waals surface area contributed by atoms with Crippen LogP contribution in [0.4, 0.5) is 0 Å². The van der Waals surface area contributed by atoms with E-state index in [9.17, 15) is 0 Å². The molecule has 11 rings (SSSR count). The van der Waals surface area contributed by atoms with Crippen molar-refractivity contribution in [1.29, 1.82) is 0 Å². The van der Waals surface area contributed by atoms with Gasteiger partial charge >= 0.3 is 0 Å². The van der Waals surface area contributed by atoms with Crippen molar-refractivity contribution >= 4 is 82.1 Å². The maximum atomic E-state index is 5.40. The van der Waals surface area contributed by atoms with Crippen LogP contribution in [0.1, 0.15) is 18.1 Å². The van der Waals surface area contributed by atoms with Crippen molar-refractivity contribution in [3.63, 3.8) is 0 Å². The van der Waals surface area contributed by atoms with E-state index in [0.29, 0.717) is 5.95 Å². The van der Waals surface area contributed by atoms with Gasteiger partial charge in [0.1, 0.15) is 0 Å². The minimum atomic E-state index is 0.640. The molecule has 59 heavy (non-hydrogen) atoms. The number of allylic oxidation sites excluding steroid dienone is 5. The number of fused-ring (bicyclic) bond motifs is 10. The van der Waals surface area contributed by atoms with Gasteiger partial charge < -0.3 is 4.57 Å². The summed E-state index contributed by atoms with van der Waals surface area (Å²) in [6.07, 6.45) is 4.50. The first-order valence-corrected chi connectivity index (χ1v) is 20.0. The summed E-state index contributed by atoms with van der Waals surface area (Å²) in [5.74, 6) is 0.640. The number of hydrogen-bond acceptors (Lipinski definition) is 2. The van der Waals surface area contributed by atoms with Crippen molar-refractivity contribution in [2.75, 3.05) is 0 Å². The fourth-order valence-electron chi connectivity index (χ4n) is 8.93. The van der Waals surface area contributed by atoms with Gasteiger partial charge in [0, 0.05) is 38.2 Å². The van der Waals surface area contributed by atoms with Gasteiger partial charge in [-0.1, -0.05) is 170 Å². The third-order valence-electron chi connectivity index (χ3n) is 11.6. The first-order chi connectivity index (χ1) is 29.1. The van der Waals surface area contributed by atoms with Gasteiger partial charge in [0.2, 0.25) is 5.95 Å². The second-order valence-corrected chi connectivity index (χ2v) is 15.1. The Kier molecular flexibility index (Phi) is 8.16. The number of para-hydroxylation sites is 2. The molecule has 0 aliphatic carbocycles. The van der Waals surface area contributed by atoms with E-state index in [1.54, 1.807) is 0 Å². The number of benzene rings is 8. The fourth-order valence-corrected chi connectivity index (χ4v) is 8.93. The highest BCUT2D eigenvalue weighted by Crippen LogP contribution is 2.44. The van der Waals surface area contributed by atoms with E-state index < -0.39 is 0 Å².